The van der Waals surface area contributed by atoms with Crippen molar-refractivity contribution in [3.8, 4) is 0 Å². The molecule has 0 saturated carbocycles. The molecule has 2 heterocycles. The maximum absolute atomic E-state index is 13.3. The van der Waals surface area contributed by atoms with E-state index in [-0.39, 0.29) is 35.5 Å². The number of carbonyl (C=O) groups excluding carboxylic acids is 2. The van der Waals surface area contributed by atoms with E-state index in [1.807, 2.05) is 39.0 Å². The summed E-state index contributed by atoms with van der Waals surface area (Å²) in [6.45, 7) is 17.1. The Kier molecular flexibility index (Phi) is 7.41. The normalized spacial score (nSPS) is 20.2. The van der Waals surface area contributed by atoms with Gasteiger partial charge >= 0.3 is 6.09 Å². The monoisotopic (exact) mass is 490 g/mol. The molecule has 1 aromatic heterocycles. The van der Waals surface area contributed by atoms with Crippen LogP contribution in [-0.4, -0.2) is 54.4 Å². The van der Waals surface area contributed by atoms with Crippen molar-refractivity contribution in [3.63, 3.8) is 0 Å². The number of hydrogen-bond acceptors (Lipinski definition) is 6. The molecular weight excluding hydrogens is 452 g/mol. The van der Waals surface area contributed by atoms with Crippen molar-refractivity contribution in [1.82, 2.24) is 9.88 Å². The first-order valence-electron chi connectivity index (χ1n) is 11.7. The summed E-state index contributed by atoms with van der Waals surface area (Å²) in [5, 5.41) is 0.0861. The fourth-order valence-corrected chi connectivity index (χ4v) is 5.96. The molecule has 0 unspecified atom stereocenters. The number of amides is 1. The molecule has 0 N–H and O–H groups in total. The van der Waals surface area contributed by atoms with Gasteiger partial charge in [0, 0.05) is 24.6 Å². The molecule has 1 saturated heterocycles. The van der Waals surface area contributed by atoms with Gasteiger partial charge in [0.05, 0.1) is 21.8 Å². The average molecular weight is 491 g/mol. The van der Waals surface area contributed by atoms with Crippen molar-refractivity contribution in [3.05, 3.63) is 29.3 Å². The van der Waals surface area contributed by atoms with Gasteiger partial charge in [-0.15, -0.1) is 11.3 Å². The highest BCUT2D eigenvalue weighted by molar-refractivity contribution is 7.16. The Labute approximate surface area is 202 Å². The molecule has 6 nitrogen and oxygen atoms in total. The number of hydrogen-bond donors (Lipinski definition) is 0. The van der Waals surface area contributed by atoms with E-state index >= 15 is 0 Å². The van der Waals surface area contributed by atoms with Gasteiger partial charge in [-0.3, -0.25) is 4.79 Å². The van der Waals surface area contributed by atoms with Crippen LogP contribution in [0.2, 0.25) is 18.1 Å². The number of nitrogens with zero attached hydrogens (tertiary/aromatic N) is 2. The zero-order chi connectivity index (χ0) is 24.6. The Bertz CT molecular complexity index is 1010. The second kappa shape index (κ2) is 9.47. The van der Waals surface area contributed by atoms with Gasteiger partial charge in [0.15, 0.2) is 14.1 Å². The Balaban J connectivity index is 1.80. The molecule has 1 aliphatic heterocycles. The molecule has 1 aliphatic rings. The largest absolute Gasteiger partial charge is 0.444 e. The standard InChI is InChI=1S/C25H38N2O4SSi/c1-24(2,3)30-23(29)27-15-18(31-33(7,8)25(4,5)6)13-12-17(27)14-20(28)19-10-9-11-21-22(19)26-16-32-21/h9-11,16-18H,12-15H2,1-8H3/t17-,18+/m0/s1. The molecule has 33 heavy (non-hydrogen) atoms. The third-order valence-corrected chi connectivity index (χ3v) is 12.0. The van der Waals surface area contributed by atoms with Gasteiger partial charge in [-0.1, -0.05) is 26.8 Å². The summed E-state index contributed by atoms with van der Waals surface area (Å²) in [7, 11) is -1.99. The number of likely N-dealkylation sites (tertiary alicyclic amines) is 1. The summed E-state index contributed by atoms with van der Waals surface area (Å²) in [5.74, 6) is 0.00817. The first-order chi connectivity index (χ1) is 15.2. The Morgan fingerprint density at radius 2 is 1.85 bits per heavy atom. The number of fused-ring (bicyclic) bond motifs is 1. The van der Waals surface area contributed by atoms with Crippen molar-refractivity contribution in [2.24, 2.45) is 0 Å². The number of rotatable bonds is 5. The quantitative estimate of drug-likeness (QED) is 0.346. The summed E-state index contributed by atoms with van der Waals surface area (Å²) < 4.78 is 13.4. The van der Waals surface area contributed by atoms with E-state index in [9.17, 15) is 9.59 Å². The summed E-state index contributed by atoms with van der Waals surface area (Å²) in [6, 6.07) is 5.47. The second-order valence-corrected chi connectivity index (χ2v) is 17.1. The van der Waals surface area contributed by atoms with Crippen LogP contribution in [0, 0.1) is 0 Å². The highest BCUT2D eigenvalue weighted by Crippen LogP contribution is 2.39. The number of benzene rings is 1. The van der Waals surface area contributed by atoms with E-state index in [2.05, 4.69) is 38.8 Å². The predicted octanol–water partition coefficient (Wildman–Crippen LogP) is 6.66. The van der Waals surface area contributed by atoms with E-state index in [0.29, 0.717) is 18.5 Å². The van der Waals surface area contributed by atoms with Crippen LogP contribution < -0.4 is 0 Å². The molecule has 8 heteroatoms. The van der Waals surface area contributed by atoms with E-state index in [0.717, 1.165) is 16.6 Å². The first kappa shape index (κ1) is 25.8. The van der Waals surface area contributed by atoms with E-state index in [1.54, 1.807) is 10.4 Å². The fourth-order valence-electron chi connectivity index (χ4n) is 3.88. The minimum absolute atomic E-state index is 0.00817. The number of ether oxygens (including phenoxy) is 1. The lowest BCUT2D eigenvalue weighted by atomic mass is 9.94. The smallest absolute Gasteiger partial charge is 0.410 e. The Morgan fingerprint density at radius 3 is 2.48 bits per heavy atom. The lowest BCUT2D eigenvalue weighted by Crippen LogP contribution is -2.54. The van der Waals surface area contributed by atoms with Crippen LogP contribution in [-0.2, 0) is 9.16 Å². The number of Topliss-reactive ketones (excluding diaryl/α,β-unsaturated/α-hetero) is 1. The van der Waals surface area contributed by atoms with Gasteiger partial charge in [-0.2, -0.15) is 0 Å². The molecule has 0 bridgehead atoms. The van der Waals surface area contributed by atoms with Crippen LogP contribution in [0.25, 0.3) is 10.2 Å². The van der Waals surface area contributed by atoms with Gasteiger partial charge in [0.25, 0.3) is 0 Å². The number of piperidine rings is 1. The Hall–Kier alpha value is -1.77. The second-order valence-electron chi connectivity index (χ2n) is 11.5. The van der Waals surface area contributed by atoms with E-state index in [4.69, 9.17) is 9.16 Å². The van der Waals surface area contributed by atoms with Gasteiger partial charge in [-0.05, 0) is 63.9 Å². The van der Waals surface area contributed by atoms with Gasteiger partial charge < -0.3 is 14.1 Å². The van der Waals surface area contributed by atoms with Crippen molar-refractivity contribution in [1.29, 1.82) is 0 Å². The summed E-state index contributed by atoms with van der Waals surface area (Å²) >= 11 is 1.52. The number of thiazole rings is 1. The lowest BCUT2D eigenvalue weighted by Gasteiger charge is -2.45. The highest BCUT2D eigenvalue weighted by atomic mass is 32.1. The third-order valence-electron chi connectivity index (χ3n) is 6.64. The molecule has 1 fully saturated rings. The van der Waals surface area contributed by atoms with Crippen molar-refractivity contribution in [2.45, 2.75) is 96.7 Å². The predicted molar refractivity (Wildman–Crippen MR) is 137 cm³/mol. The minimum atomic E-state index is -1.99. The fraction of sp³-hybridized carbons (Fsp3) is 0.640. The molecule has 2 atom stereocenters. The van der Waals surface area contributed by atoms with Crippen molar-refractivity contribution >= 4 is 41.7 Å². The molecule has 0 spiro atoms. The number of para-hydroxylation sites is 1. The van der Waals surface area contributed by atoms with Gasteiger partial charge in [0.1, 0.15) is 5.60 Å². The first-order valence-corrected chi connectivity index (χ1v) is 15.5. The number of aromatic nitrogens is 1. The third kappa shape index (κ3) is 6.22. The van der Waals surface area contributed by atoms with Crippen LogP contribution in [0.4, 0.5) is 4.79 Å². The van der Waals surface area contributed by atoms with E-state index in [1.165, 1.54) is 11.3 Å². The number of ketones is 1. The maximum atomic E-state index is 13.3. The van der Waals surface area contributed by atoms with Crippen LogP contribution in [0.3, 0.4) is 0 Å². The molecular formula is C25H38N2O4SSi. The van der Waals surface area contributed by atoms with E-state index < -0.39 is 13.9 Å². The molecule has 1 amide bonds. The lowest BCUT2D eigenvalue weighted by molar-refractivity contribution is -0.0107. The Morgan fingerprint density at radius 1 is 1.15 bits per heavy atom. The van der Waals surface area contributed by atoms with Crippen molar-refractivity contribution < 1.29 is 18.8 Å². The van der Waals surface area contributed by atoms with Gasteiger partial charge in [-0.25, -0.2) is 9.78 Å². The van der Waals surface area contributed by atoms with Gasteiger partial charge in [0.2, 0.25) is 0 Å². The topological polar surface area (TPSA) is 68.7 Å². The zero-order valence-electron chi connectivity index (χ0n) is 21.2. The molecule has 3 rings (SSSR count). The minimum Gasteiger partial charge on any atom is -0.444 e. The zero-order valence-corrected chi connectivity index (χ0v) is 23.0. The number of carbonyl (C=O) groups is 2. The molecule has 2 aromatic rings. The van der Waals surface area contributed by atoms with Crippen LogP contribution in [0.15, 0.2) is 23.7 Å². The maximum Gasteiger partial charge on any atom is 0.410 e. The summed E-state index contributed by atoms with van der Waals surface area (Å²) in [4.78, 5) is 32.6. The van der Waals surface area contributed by atoms with Crippen LogP contribution in [0.5, 0.6) is 0 Å². The summed E-state index contributed by atoms with van der Waals surface area (Å²) in [5.41, 5.74) is 2.52. The van der Waals surface area contributed by atoms with Crippen LogP contribution in [0.1, 0.15) is 71.2 Å². The molecule has 0 aliphatic carbocycles. The highest BCUT2D eigenvalue weighted by Gasteiger charge is 2.42. The average Bonchev–Trinajstić information content (AvgIpc) is 3.15. The van der Waals surface area contributed by atoms with Crippen molar-refractivity contribution in [2.75, 3.05) is 6.54 Å². The van der Waals surface area contributed by atoms with Crippen LogP contribution >= 0.6 is 11.3 Å². The summed E-state index contributed by atoms with van der Waals surface area (Å²) in [6.07, 6.45) is 1.35. The SMILES string of the molecule is CC(C)(C)OC(=O)N1C[C@H](O[Si](C)(C)C(C)(C)C)CC[C@H]1CC(=O)c1cccc2scnc12. The molecule has 1 aromatic carbocycles. The molecule has 182 valence electrons. The molecule has 0 radical (unpaired) electrons.